The van der Waals surface area contributed by atoms with Gasteiger partial charge in [-0.25, -0.2) is 4.79 Å². The number of rotatable bonds is 5. The van der Waals surface area contributed by atoms with Gasteiger partial charge in [-0.05, 0) is 48.6 Å². The number of nitrogens with zero attached hydrogens (tertiary/aromatic N) is 2. The topological polar surface area (TPSA) is 78.3 Å². The molecule has 1 fully saturated rings. The first kappa shape index (κ1) is 21.3. The maximum atomic E-state index is 12.9. The monoisotopic (exact) mass is 443 g/mol. The summed E-state index contributed by atoms with van der Waals surface area (Å²) < 4.78 is 2.05. The minimum absolute atomic E-state index is 0.0229. The maximum Gasteiger partial charge on any atom is 0.335 e. The van der Waals surface area contributed by atoms with Crippen molar-refractivity contribution in [3.63, 3.8) is 0 Å². The molecule has 1 aliphatic rings. The van der Waals surface area contributed by atoms with E-state index in [-0.39, 0.29) is 18.0 Å². The van der Waals surface area contributed by atoms with Crippen molar-refractivity contribution in [3.05, 3.63) is 59.8 Å². The van der Waals surface area contributed by atoms with Crippen LogP contribution < -0.4 is 0 Å². The summed E-state index contributed by atoms with van der Waals surface area (Å²) in [5.74, 6) is -0.598. The van der Waals surface area contributed by atoms with Gasteiger partial charge in [0, 0.05) is 42.1 Å². The highest BCUT2D eigenvalue weighted by molar-refractivity contribution is 6.03. The highest BCUT2D eigenvalue weighted by Crippen LogP contribution is 2.45. The van der Waals surface area contributed by atoms with Gasteiger partial charge in [0.25, 0.3) is 0 Å². The van der Waals surface area contributed by atoms with Crippen LogP contribution in [0.1, 0.15) is 53.9 Å². The first-order valence-electron chi connectivity index (χ1n) is 11.6. The van der Waals surface area contributed by atoms with Gasteiger partial charge in [-0.2, -0.15) is 0 Å². The molecule has 5 rings (SSSR count). The zero-order chi connectivity index (χ0) is 23.1. The predicted octanol–water partition coefficient (Wildman–Crippen LogP) is 5.62. The van der Waals surface area contributed by atoms with Crippen LogP contribution in [0.5, 0.6) is 0 Å². The van der Waals surface area contributed by atoms with Gasteiger partial charge in [0.05, 0.1) is 16.8 Å². The zero-order valence-electron chi connectivity index (χ0n) is 19.1. The summed E-state index contributed by atoms with van der Waals surface area (Å²) in [5, 5.41) is 11.8. The van der Waals surface area contributed by atoms with E-state index >= 15 is 0 Å². The van der Waals surface area contributed by atoms with Crippen molar-refractivity contribution in [2.75, 3.05) is 14.1 Å². The van der Waals surface area contributed by atoms with E-state index in [1.54, 1.807) is 31.1 Å². The summed E-state index contributed by atoms with van der Waals surface area (Å²) in [7, 11) is 3.51. The van der Waals surface area contributed by atoms with Crippen molar-refractivity contribution in [3.8, 4) is 11.3 Å². The summed E-state index contributed by atoms with van der Waals surface area (Å²) in [4.78, 5) is 29.6. The molecule has 33 heavy (non-hydrogen) atoms. The Balaban J connectivity index is 1.87. The van der Waals surface area contributed by atoms with Gasteiger partial charge in [-0.15, -0.1) is 0 Å². The lowest BCUT2D eigenvalue weighted by molar-refractivity contribution is -0.129. The second-order valence-electron chi connectivity index (χ2n) is 9.25. The number of carbonyl (C=O) groups is 2. The Labute approximate surface area is 192 Å². The molecule has 0 radical (unpaired) electrons. The number of likely N-dealkylation sites (N-methyl/N-ethyl adjacent to an activating group) is 1. The second-order valence-corrected chi connectivity index (χ2v) is 9.25. The van der Waals surface area contributed by atoms with E-state index in [1.165, 1.54) is 24.8 Å². The standard InChI is InChI=1S/C27H29N3O3/c1-29(2)24(31)16-30-23-15-18(27(32)33)11-12-21(23)25(17-7-4-3-5-8-17)26(30)20-9-6-10-22-19(20)13-14-28-22/h6,9-15,17,28H,3-5,7-8,16H2,1-2H3,(H,32,33). The Hall–Kier alpha value is -3.54. The van der Waals surface area contributed by atoms with Crippen LogP contribution in [0.2, 0.25) is 0 Å². The van der Waals surface area contributed by atoms with Crippen LogP contribution in [-0.4, -0.2) is 45.5 Å². The van der Waals surface area contributed by atoms with E-state index in [0.717, 1.165) is 45.9 Å². The minimum Gasteiger partial charge on any atom is -0.478 e. The molecule has 2 aromatic heterocycles. The van der Waals surface area contributed by atoms with Gasteiger partial charge >= 0.3 is 5.97 Å². The average Bonchev–Trinajstić information content (AvgIpc) is 3.42. The van der Waals surface area contributed by atoms with Crippen LogP contribution >= 0.6 is 0 Å². The molecule has 170 valence electrons. The highest BCUT2D eigenvalue weighted by atomic mass is 16.4. The number of carboxylic acids is 1. The number of carbonyl (C=O) groups excluding carboxylic acids is 1. The largest absolute Gasteiger partial charge is 0.478 e. The predicted molar refractivity (Wildman–Crippen MR) is 131 cm³/mol. The summed E-state index contributed by atoms with van der Waals surface area (Å²) in [6.07, 6.45) is 7.79. The van der Waals surface area contributed by atoms with E-state index in [4.69, 9.17) is 0 Å². The van der Waals surface area contributed by atoms with Crippen LogP contribution in [-0.2, 0) is 11.3 Å². The number of hydrogen-bond donors (Lipinski definition) is 2. The van der Waals surface area contributed by atoms with Crippen LogP contribution in [0.15, 0.2) is 48.7 Å². The SMILES string of the molecule is CN(C)C(=O)Cn1c(-c2cccc3[nH]ccc23)c(C2CCCCC2)c2ccc(C(=O)O)cc21. The molecular formula is C27H29N3O3. The normalized spacial score (nSPS) is 14.7. The minimum atomic E-state index is -0.961. The van der Waals surface area contributed by atoms with Crippen molar-refractivity contribution < 1.29 is 14.7 Å². The Kier molecular flexibility index (Phi) is 5.44. The quantitative estimate of drug-likeness (QED) is 0.420. The number of fused-ring (bicyclic) bond motifs is 2. The lowest BCUT2D eigenvalue weighted by Gasteiger charge is -2.24. The van der Waals surface area contributed by atoms with Crippen molar-refractivity contribution in [2.45, 2.75) is 44.6 Å². The van der Waals surface area contributed by atoms with Gasteiger partial charge in [0.1, 0.15) is 6.54 Å². The van der Waals surface area contributed by atoms with Crippen LogP contribution in [0.3, 0.4) is 0 Å². The molecule has 0 saturated heterocycles. The number of carboxylic acid groups (broad SMARTS) is 1. The molecule has 1 aliphatic carbocycles. The molecule has 0 atom stereocenters. The third-order valence-electron chi connectivity index (χ3n) is 7.01. The van der Waals surface area contributed by atoms with Gasteiger partial charge in [-0.3, -0.25) is 4.79 Å². The molecule has 0 spiro atoms. The summed E-state index contributed by atoms with van der Waals surface area (Å²) >= 11 is 0. The molecule has 0 bridgehead atoms. The van der Waals surface area contributed by atoms with Gasteiger partial charge in [0.15, 0.2) is 0 Å². The van der Waals surface area contributed by atoms with Crippen molar-refractivity contribution in [1.29, 1.82) is 0 Å². The van der Waals surface area contributed by atoms with Crippen molar-refractivity contribution in [1.82, 2.24) is 14.5 Å². The van der Waals surface area contributed by atoms with Gasteiger partial charge < -0.3 is 19.6 Å². The van der Waals surface area contributed by atoms with Gasteiger partial charge in [-0.1, -0.05) is 37.5 Å². The first-order valence-corrected chi connectivity index (χ1v) is 11.6. The Morgan fingerprint density at radius 1 is 1.06 bits per heavy atom. The molecule has 2 aromatic carbocycles. The van der Waals surface area contributed by atoms with E-state index in [1.807, 2.05) is 18.3 Å². The molecule has 6 heteroatoms. The Morgan fingerprint density at radius 2 is 1.85 bits per heavy atom. The van der Waals surface area contributed by atoms with E-state index in [2.05, 4.69) is 27.8 Å². The number of aromatic carboxylic acids is 1. The highest BCUT2D eigenvalue weighted by Gasteiger charge is 2.28. The fourth-order valence-electron chi connectivity index (χ4n) is 5.34. The lowest BCUT2D eigenvalue weighted by atomic mass is 9.81. The number of aromatic amines is 1. The third-order valence-corrected chi connectivity index (χ3v) is 7.01. The maximum absolute atomic E-state index is 12.9. The summed E-state index contributed by atoms with van der Waals surface area (Å²) in [6.45, 7) is 0.162. The third kappa shape index (κ3) is 3.69. The zero-order valence-corrected chi connectivity index (χ0v) is 19.1. The average molecular weight is 444 g/mol. The van der Waals surface area contributed by atoms with E-state index in [9.17, 15) is 14.7 Å². The lowest BCUT2D eigenvalue weighted by Crippen LogP contribution is -2.26. The molecule has 4 aromatic rings. The number of hydrogen-bond acceptors (Lipinski definition) is 2. The summed E-state index contributed by atoms with van der Waals surface area (Å²) in [6, 6.07) is 13.7. The molecule has 2 N–H and O–H groups in total. The number of aromatic nitrogens is 2. The summed E-state index contributed by atoms with van der Waals surface area (Å²) in [5.41, 5.74) is 5.47. The molecule has 1 amide bonds. The van der Waals surface area contributed by atoms with Crippen molar-refractivity contribution in [2.24, 2.45) is 0 Å². The smallest absolute Gasteiger partial charge is 0.335 e. The molecule has 2 heterocycles. The molecule has 1 saturated carbocycles. The first-order chi connectivity index (χ1) is 16.0. The van der Waals surface area contributed by atoms with Crippen LogP contribution in [0, 0.1) is 0 Å². The van der Waals surface area contributed by atoms with Gasteiger partial charge in [0.2, 0.25) is 5.91 Å². The molecule has 0 aliphatic heterocycles. The fourth-order valence-corrected chi connectivity index (χ4v) is 5.34. The van der Waals surface area contributed by atoms with E-state index in [0.29, 0.717) is 5.92 Å². The molecular weight excluding hydrogens is 414 g/mol. The Bertz CT molecular complexity index is 1360. The van der Waals surface area contributed by atoms with E-state index < -0.39 is 5.97 Å². The number of benzene rings is 2. The van der Waals surface area contributed by atoms with Crippen LogP contribution in [0.4, 0.5) is 0 Å². The fraction of sp³-hybridized carbons (Fsp3) is 0.333. The van der Waals surface area contributed by atoms with Crippen LogP contribution in [0.25, 0.3) is 33.1 Å². The molecule has 0 unspecified atom stereocenters. The second kappa shape index (κ2) is 8.43. The molecule has 6 nitrogen and oxygen atoms in total. The Morgan fingerprint density at radius 3 is 2.58 bits per heavy atom. The number of nitrogens with one attached hydrogen (secondary N) is 1. The van der Waals surface area contributed by atoms with Crippen molar-refractivity contribution >= 4 is 33.7 Å². The number of amides is 1. The number of H-pyrrole nitrogens is 1.